The number of nitrogens with one attached hydrogen (secondary N) is 3. The number of carbonyl (C=O) groups excluding carboxylic acids is 2. The molecule has 2 amide bonds. The molecule has 0 radical (unpaired) electrons. The maximum Gasteiger partial charge on any atom is 0.408 e. The molecule has 11 heteroatoms. The topological polar surface area (TPSA) is 130 Å². The first-order valence-corrected chi connectivity index (χ1v) is 13.5. The van der Waals surface area contributed by atoms with E-state index >= 15 is 0 Å². The predicted octanol–water partition coefficient (Wildman–Crippen LogP) is 4.32. The van der Waals surface area contributed by atoms with Gasteiger partial charge < -0.3 is 15.0 Å². The lowest BCUT2D eigenvalue weighted by Crippen LogP contribution is -2.31. The summed E-state index contributed by atoms with van der Waals surface area (Å²) in [6.45, 7) is 0.114. The Morgan fingerprint density at radius 2 is 1.84 bits per heavy atom. The highest BCUT2D eigenvalue weighted by Gasteiger charge is 2.39. The van der Waals surface area contributed by atoms with Gasteiger partial charge in [-0.05, 0) is 34.9 Å². The number of alkyl carbamates (subject to hydrolysis) is 1. The molecule has 0 spiro atoms. The highest BCUT2D eigenvalue weighted by atomic mass is 35.5. The minimum Gasteiger partial charge on any atom is -0.445 e. The Labute approximate surface area is 218 Å². The van der Waals surface area contributed by atoms with Gasteiger partial charge in [-0.2, -0.15) is 0 Å². The number of rotatable bonds is 7. The minimum atomic E-state index is -3.82. The number of hydrogen-bond donors (Lipinski definition) is 3. The number of para-hydroxylation sites is 2. The molecule has 2 atom stereocenters. The molecule has 1 unspecified atom stereocenters. The van der Waals surface area contributed by atoms with E-state index in [2.05, 4.69) is 15.3 Å². The molecule has 1 fully saturated rings. The molecule has 1 aliphatic heterocycles. The summed E-state index contributed by atoms with van der Waals surface area (Å²) in [5.74, 6) is -0.0282. The van der Waals surface area contributed by atoms with Crippen LogP contribution in [0.2, 0.25) is 5.02 Å². The maximum absolute atomic E-state index is 12.7. The summed E-state index contributed by atoms with van der Waals surface area (Å²) in [5.41, 5.74) is 3.50. The van der Waals surface area contributed by atoms with Gasteiger partial charge in [-0.3, -0.25) is 9.52 Å². The second-order valence-electron chi connectivity index (χ2n) is 8.72. The Hall–Kier alpha value is -3.89. The number of amides is 2. The van der Waals surface area contributed by atoms with Gasteiger partial charge in [0.2, 0.25) is 15.9 Å². The van der Waals surface area contributed by atoms with E-state index in [9.17, 15) is 18.0 Å². The lowest BCUT2D eigenvalue weighted by molar-refractivity contribution is -0.118. The van der Waals surface area contributed by atoms with Gasteiger partial charge >= 0.3 is 6.09 Å². The van der Waals surface area contributed by atoms with E-state index in [0.29, 0.717) is 17.8 Å². The number of aromatic amines is 1. The van der Waals surface area contributed by atoms with E-state index in [1.54, 1.807) is 18.2 Å². The molecule has 1 saturated heterocycles. The van der Waals surface area contributed by atoms with Crippen molar-refractivity contribution >= 4 is 44.7 Å². The number of ether oxygens (including phenoxy) is 1. The molecular weight excluding hydrogens is 516 g/mol. The molecule has 1 aliphatic rings. The predicted molar refractivity (Wildman–Crippen MR) is 138 cm³/mol. The summed E-state index contributed by atoms with van der Waals surface area (Å²) in [6.07, 6.45) is -0.495. The first kappa shape index (κ1) is 24.8. The summed E-state index contributed by atoms with van der Waals surface area (Å²) < 4.78 is 32.0. The van der Waals surface area contributed by atoms with E-state index in [4.69, 9.17) is 16.3 Å². The number of hydrogen-bond acceptors (Lipinski definition) is 6. The number of aromatic nitrogens is 2. The van der Waals surface area contributed by atoms with Crippen molar-refractivity contribution in [2.45, 2.75) is 30.7 Å². The third-order valence-electron chi connectivity index (χ3n) is 6.10. The Morgan fingerprint density at radius 1 is 1.08 bits per heavy atom. The summed E-state index contributed by atoms with van der Waals surface area (Å²) in [7, 11) is -3.82. The largest absolute Gasteiger partial charge is 0.445 e. The Kier molecular flexibility index (Phi) is 6.86. The molecular formula is C26H23ClN4O5S. The van der Waals surface area contributed by atoms with Crippen LogP contribution in [-0.4, -0.2) is 30.4 Å². The van der Waals surface area contributed by atoms with Crippen LogP contribution in [0.3, 0.4) is 0 Å². The molecule has 3 N–H and O–H groups in total. The normalized spacial score (nSPS) is 17.3. The van der Waals surface area contributed by atoms with Crippen molar-refractivity contribution in [3.8, 4) is 0 Å². The van der Waals surface area contributed by atoms with Crippen molar-refractivity contribution in [1.29, 1.82) is 0 Å². The smallest absolute Gasteiger partial charge is 0.408 e. The SMILES string of the molecule is O=C1CC(c2ccc(C[C@H](NC(=O)OCc3ccccc3)c3nc4ccccc4[nH]3)cc2Cl)S(=O)(=O)N1. The summed E-state index contributed by atoms with van der Waals surface area (Å²) in [6, 6.07) is 21.2. The highest BCUT2D eigenvalue weighted by Crippen LogP contribution is 2.35. The maximum atomic E-state index is 12.7. The Bertz CT molecular complexity index is 1540. The quantitative estimate of drug-likeness (QED) is 0.321. The zero-order valence-electron chi connectivity index (χ0n) is 19.5. The molecule has 0 bridgehead atoms. The molecule has 1 aromatic heterocycles. The van der Waals surface area contributed by atoms with Crippen molar-refractivity contribution in [3.63, 3.8) is 0 Å². The van der Waals surface area contributed by atoms with Gasteiger partial charge in [-0.1, -0.05) is 66.2 Å². The van der Waals surface area contributed by atoms with Crippen LogP contribution in [-0.2, 0) is 32.6 Å². The van der Waals surface area contributed by atoms with Crippen LogP contribution in [0.5, 0.6) is 0 Å². The molecule has 0 aliphatic carbocycles. The number of benzene rings is 3. The fourth-order valence-corrected chi connectivity index (χ4v) is 6.13. The van der Waals surface area contributed by atoms with Gasteiger partial charge in [0.1, 0.15) is 17.7 Å². The van der Waals surface area contributed by atoms with E-state index in [1.807, 2.05) is 59.3 Å². The first-order valence-electron chi connectivity index (χ1n) is 11.5. The van der Waals surface area contributed by atoms with E-state index in [1.165, 1.54) is 0 Å². The van der Waals surface area contributed by atoms with Crippen LogP contribution in [0.4, 0.5) is 4.79 Å². The van der Waals surface area contributed by atoms with Crippen LogP contribution in [0.15, 0.2) is 72.8 Å². The van der Waals surface area contributed by atoms with E-state index < -0.39 is 33.3 Å². The van der Waals surface area contributed by atoms with Crippen LogP contribution >= 0.6 is 11.6 Å². The van der Waals surface area contributed by atoms with Crippen molar-refractivity contribution in [2.24, 2.45) is 0 Å². The number of sulfonamides is 1. The van der Waals surface area contributed by atoms with E-state index in [-0.39, 0.29) is 18.1 Å². The Balaban J connectivity index is 1.38. The summed E-state index contributed by atoms with van der Waals surface area (Å²) in [5, 5.41) is 2.05. The number of fused-ring (bicyclic) bond motifs is 1. The van der Waals surface area contributed by atoms with Gasteiger partial charge in [0.05, 0.1) is 23.5 Å². The van der Waals surface area contributed by atoms with Crippen molar-refractivity contribution in [1.82, 2.24) is 20.0 Å². The standard InChI is InChI=1S/C26H23ClN4O5S/c27-19-12-17(10-11-18(19)23-14-24(32)31-37(23,34)35)13-22(25-28-20-8-4-5-9-21(20)29-25)30-26(33)36-15-16-6-2-1-3-7-16/h1-12,22-23H,13-15H2,(H,28,29)(H,30,33)(H,31,32)/t22-,23?/m0/s1. The van der Waals surface area contributed by atoms with Crippen molar-refractivity contribution in [3.05, 3.63) is 100 Å². The van der Waals surface area contributed by atoms with E-state index in [0.717, 1.165) is 22.2 Å². The zero-order valence-corrected chi connectivity index (χ0v) is 21.1. The van der Waals surface area contributed by atoms with Crippen LogP contribution in [0.1, 0.15) is 40.2 Å². The van der Waals surface area contributed by atoms with Crippen LogP contribution < -0.4 is 10.0 Å². The second kappa shape index (κ2) is 10.2. The first-order chi connectivity index (χ1) is 17.8. The third kappa shape index (κ3) is 5.60. The number of halogens is 1. The molecule has 3 aromatic carbocycles. The van der Waals surface area contributed by atoms with Gasteiger partial charge in [-0.25, -0.2) is 18.2 Å². The average molecular weight is 539 g/mol. The average Bonchev–Trinajstić information content (AvgIpc) is 3.42. The fraction of sp³-hybridized carbons (Fsp3) is 0.192. The number of nitrogens with zero attached hydrogens (tertiary/aromatic N) is 1. The molecule has 190 valence electrons. The van der Waals surface area contributed by atoms with Gasteiger partial charge in [-0.15, -0.1) is 0 Å². The summed E-state index contributed by atoms with van der Waals surface area (Å²) >= 11 is 6.46. The second-order valence-corrected chi connectivity index (χ2v) is 11.0. The molecule has 2 heterocycles. The lowest BCUT2D eigenvalue weighted by Gasteiger charge is -2.18. The van der Waals surface area contributed by atoms with Crippen LogP contribution in [0.25, 0.3) is 11.0 Å². The zero-order chi connectivity index (χ0) is 26.0. The third-order valence-corrected chi connectivity index (χ3v) is 8.10. The number of carbonyl (C=O) groups is 2. The minimum absolute atomic E-state index is 0.114. The van der Waals surface area contributed by atoms with Crippen LogP contribution in [0, 0.1) is 0 Å². The molecule has 4 aromatic rings. The monoisotopic (exact) mass is 538 g/mol. The molecule has 0 saturated carbocycles. The number of H-pyrrole nitrogens is 1. The molecule has 5 rings (SSSR count). The molecule has 9 nitrogen and oxygen atoms in total. The summed E-state index contributed by atoms with van der Waals surface area (Å²) in [4.78, 5) is 32.2. The lowest BCUT2D eigenvalue weighted by atomic mass is 10.0. The Morgan fingerprint density at radius 3 is 2.54 bits per heavy atom. The van der Waals surface area contributed by atoms with Gasteiger partial charge in [0, 0.05) is 11.4 Å². The molecule has 37 heavy (non-hydrogen) atoms. The van der Waals surface area contributed by atoms with Crippen molar-refractivity contribution in [2.75, 3.05) is 0 Å². The van der Waals surface area contributed by atoms with Crippen molar-refractivity contribution < 1.29 is 22.7 Å². The van der Waals surface area contributed by atoms with Gasteiger partial charge in [0.15, 0.2) is 0 Å². The fourth-order valence-electron chi connectivity index (χ4n) is 4.28. The highest BCUT2D eigenvalue weighted by molar-refractivity contribution is 7.90. The van der Waals surface area contributed by atoms with Gasteiger partial charge in [0.25, 0.3) is 0 Å². The number of imidazole rings is 1.